The van der Waals surface area contributed by atoms with E-state index in [4.69, 9.17) is 0 Å². The molecule has 12 heavy (non-hydrogen) atoms. The van der Waals surface area contributed by atoms with E-state index >= 15 is 0 Å². The molecule has 2 unspecified atom stereocenters. The maximum atomic E-state index is 10.9. The molecule has 0 bridgehead atoms. The summed E-state index contributed by atoms with van der Waals surface area (Å²) in [6, 6.07) is 0. The van der Waals surface area contributed by atoms with Crippen LogP contribution in [0, 0.1) is 11.8 Å². The number of rotatable bonds is 2. The smallest absolute Gasteiger partial charge is 0.143 e. The molecule has 0 heterocycles. The first kappa shape index (κ1) is 8.54. The Labute approximate surface area is 75.3 Å². The minimum Gasteiger partial charge on any atom is -0.232 e. The lowest BCUT2D eigenvalue weighted by Gasteiger charge is -2.27. The summed E-state index contributed by atoms with van der Waals surface area (Å²) < 4.78 is 21.9. The van der Waals surface area contributed by atoms with Gasteiger partial charge < -0.3 is 0 Å². The largest absolute Gasteiger partial charge is 0.232 e. The van der Waals surface area contributed by atoms with E-state index < -0.39 is 10.7 Å². The third-order valence-electron chi connectivity index (χ3n) is 3.28. The monoisotopic (exact) mass is 188 g/mol. The summed E-state index contributed by atoms with van der Waals surface area (Å²) in [5, 5.41) is 0.0289. The normalized spacial score (nSPS) is 37.1. The molecule has 0 radical (unpaired) electrons. The van der Waals surface area contributed by atoms with Gasteiger partial charge in [-0.2, -0.15) is 0 Å². The van der Waals surface area contributed by atoms with Crippen LogP contribution >= 0.6 is 0 Å². The lowest BCUT2D eigenvalue weighted by molar-refractivity contribution is 0.326. The lowest BCUT2D eigenvalue weighted by atomic mass is 9.85. The van der Waals surface area contributed by atoms with Gasteiger partial charge in [-0.15, -0.1) is 0 Å². The second-order valence-corrected chi connectivity index (χ2v) is 5.37. The zero-order valence-electron chi connectivity index (χ0n) is 7.24. The molecule has 2 aliphatic rings. The average molecular weight is 188 g/mol. The molecule has 0 saturated heterocycles. The van der Waals surface area contributed by atoms with Crippen LogP contribution in [0.25, 0.3) is 0 Å². The Hall–Kier alpha value is -0.0500. The molecule has 0 N–H and O–H groups in total. The van der Waals surface area contributed by atoms with Gasteiger partial charge in [-0.1, -0.05) is 12.8 Å². The van der Waals surface area contributed by atoms with Gasteiger partial charge in [-0.25, -0.2) is 8.42 Å². The van der Waals surface area contributed by atoms with Crippen molar-refractivity contribution in [1.82, 2.24) is 0 Å². The third kappa shape index (κ3) is 1.65. The van der Waals surface area contributed by atoms with Crippen molar-refractivity contribution in [3.05, 3.63) is 0 Å². The van der Waals surface area contributed by atoms with Crippen LogP contribution in [0.2, 0.25) is 0 Å². The lowest BCUT2D eigenvalue weighted by Crippen LogP contribution is -2.27. The Morgan fingerprint density at radius 3 is 2.17 bits per heavy atom. The van der Waals surface area contributed by atoms with Crippen LogP contribution in [-0.2, 0) is 10.7 Å². The van der Waals surface area contributed by atoms with Gasteiger partial charge in [0.15, 0.2) is 0 Å². The van der Waals surface area contributed by atoms with Crippen LogP contribution in [0.5, 0.6) is 0 Å². The van der Waals surface area contributed by atoms with Crippen LogP contribution in [0.1, 0.15) is 38.5 Å². The van der Waals surface area contributed by atoms with Gasteiger partial charge in [0.1, 0.15) is 10.7 Å². The van der Waals surface area contributed by atoms with Crippen LogP contribution in [0.3, 0.4) is 0 Å². The Balaban J connectivity index is 2.05. The highest BCUT2D eigenvalue weighted by Gasteiger charge is 2.38. The molecule has 0 aromatic rings. The summed E-state index contributed by atoms with van der Waals surface area (Å²) in [4.78, 5) is 0. The molecular formula is C9H16O2S. The summed E-state index contributed by atoms with van der Waals surface area (Å²) in [7, 11) is -2.15. The maximum absolute atomic E-state index is 10.9. The Morgan fingerprint density at radius 2 is 1.58 bits per heavy atom. The molecule has 2 atom stereocenters. The summed E-state index contributed by atoms with van der Waals surface area (Å²) >= 11 is 0. The fourth-order valence-electron chi connectivity index (χ4n) is 2.48. The highest BCUT2D eigenvalue weighted by Crippen LogP contribution is 2.44. The Morgan fingerprint density at radius 1 is 0.917 bits per heavy atom. The van der Waals surface area contributed by atoms with E-state index in [-0.39, 0.29) is 5.25 Å². The van der Waals surface area contributed by atoms with Gasteiger partial charge in [-0.3, -0.25) is 0 Å². The topological polar surface area (TPSA) is 34.1 Å². The van der Waals surface area contributed by atoms with E-state index in [0.29, 0.717) is 5.92 Å². The van der Waals surface area contributed by atoms with E-state index in [0.717, 1.165) is 18.8 Å². The van der Waals surface area contributed by atoms with Gasteiger partial charge in [0.05, 0.1) is 5.25 Å². The maximum Gasteiger partial charge on any atom is 0.143 e. The minimum absolute atomic E-state index is 0.0289. The zero-order chi connectivity index (χ0) is 8.55. The molecule has 0 spiro atoms. The van der Waals surface area contributed by atoms with Crippen LogP contribution < -0.4 is 0 Å². The Bertz CT molecular complexity index is 223. The fourth-order valence-corrected chi connectivity index (χ4v) is 3.57. The molecule has 0 aliphatic heterocycles. The fraction of sp³-hybridized carbons (Fsp3) is 1.00. The van der Waals surface area contributed by atoms with Gasteiger partial charge in [-0.05, 0) is 37.5 Å². The molecular weight excluding hydrogens is 172 g/mol. The van der Waals surface area contributed by atoms with E-state index in [2.05, 4.69) is 0 Å². The van der Waals surface area contributed by atoms with Crippen LogP contribution in [0.15, 0.2) is 0 Å². The SMILES string of the molecule is O=[SH](=O)C1CCCCC1C1CC1. The summed E-state index contributed by atoms with van der Waals surface area (Å²) in [6.07, 6.45) is 7.03. The molecule has 2 nitrogen and oxygen atoms in total. The predicted octanol–water partition coefficient (Wildman–Crippen LogP) is 1.57. The third-order valence-corrected chi connectivity index (χ3v) is 4.46. The Kier molecular flexibility index (Phi) is 2.40. The predicted molar refractivity (Wildman–Crippen MR) is 48.8 cm³/mol. The molecule has 0 aromatic carbocycles. The summed E-state index contributed by atoms with van der Waals surface area (Å²) in [6.45, 7) is 0. The van der Waals surface area contributed by atoms with Crippen molar-refractivity contribution in [2.24, 2.45) is 11.8 Å². The second-order valence-electron chi connectivity index (χ2n) is 4.14. The number of hydrogen-bond donors (Lipinski definition) is 1. The zero-order valence-corrected chi connectivity index (χ0v) is 8.13. The van der Waals surface area contributed by atoms with Crippen LogP contribution in [0.4, 0.5) is 0 Å². The minimum atomic E-state index is -2.15. The number of hydrogen-bond acceptors (Lipinski definition) is 2. The van der Waals surface area contributed by atoms with Crippen molar-refractivity contribution < 1.29 is 8.42 Å². The average Bonchev–Trinajstić information content (AvgIpc) is 2.87. The summed E-state index contributed by atoms with van der Waals surface area (Å²) in [5.74, 6) is 1.29. The van der Waals surface area contributed by atoms with Crippen molar-refractivity contribution in [3.8, 4) is 0 Å². The standard InChI is InChI=1S/C9H16O2S/c10-12(11)9-4-2-1-3-8(9)7-5-6-7/h7-9,12H,1-6H2. The van der Waals surface area contributed by atoms with E-state index in [1.54, 1.807) is 0 Å². The van der Waals surface area contributed by atoms with Gasteiger partial charge in [0, 0.05) is 0 Å². The van der Waals surface area contributed by atoms with E-state index in [1.807, 2.05) is 0 Å². The molecule has 70 valence electrons. The van der Waals surface area contributed by atoms with Crippen molar-refractivity contribution in [2.75, 3.05) is 0 Å². The first-order valence-electron chi connectivity index (χ1n) is 4.92. The first-order chi connectivity index (χ1) is 5.79. The molecule has 2 rings (SSSR count). The molecule has 2 saturated carbocycles. The van der Waals surface area contributed by atoms with Gasteiger partial charge in [0.25, 0.3) is 0 Å². The van der Waals surface area contributed by atoms with Crippen molar-refractivity contribution in [3.63, 3.8) is 0 Å². The van der Waals surface area contributed by atoms with Crippen molar-refractivity contribution in [1.29, 1.82) is 0 Å². The highest BCUT2D eigenvalue weighted by atomic mass is 32.2. The molecule has 2 fully saturated rings. The summed E-state index contributed by atoms with van der Waals surface area (Å²) in [5.41, 5.74) is 0. The quantitative estimate of drug-likeness (QED) is 0.667. The van der Waals surface area contributed by atoms with E-state index in [9.17, 15) is 8.42 Å². The van der Waals surface area contributed by atoms with Gasteiger partial charge >= 0.3 is 0 Å². The molecule has 3 heteroatoms. The molecule has 0 aromatic heterocycles. The molecule has 2 aliphatic carbocycles. The van der Waals surface area contributed by atoms with Crippen molar-refractivity contribution in [2.45, 2.75) is 43.8 Å². The van der Waals surface area contributed by atoms with E-state index in [1.165, 1.54) is 25.7 Å². The highest BCUT2D eigenvalue weighted by molar-refractivity contribution is 7.73. The van der Waals surface area contributed by atoms with Gasteiger partial charge in [0.2, 0.25) is 0 Å². The van der Waals surface area contributed by atoms with Crippen LogP contribution in [-0.4, -0.2) is 13.7 Å². The number of thiol groups is 1. The molecule has 0 amide bonds. The second kappa shape index (κ2) is 3.36. The first-order valence-corrected chi connectivity index (χ1v) is 6.17. The van der Waals surface area contributed by atoms with Crippen molar-refractivity contribution >= 4 is 10.7 Å².